The van der Waals surface area contributed by atoms with Crippen molar-refractivity contribution in [2.24, 2.45) is 0 Å². The molecule has 0 saturated heterocycles. The van der Waals surface area contributed by atoms with E-state index < -0.39 is 0 Å². The van der Waals surface area contributed by atoms with Gasteiger partial charge >= 0.3 is 0 Å². The van der Waals surface area contributed by atoms with Gasteiger partial charge in [0.15, 0.2) is 0 Å². The molecule has 0 aliphatic rings. The maximum atomic E-state index is 5.66. The number of ether oxygens (including phenoxy) is 3. The lowest BCUT2D eigenvalue weighted by Gasteiger charge is -2.10. The van der Waals surface area contributed by atoms with E-state index in [1.807, 2.05) is 0 Å². The molecule has 0 unspecified atom stereocenters. The van der Waals surface area contributed by atoms with E-state index in [1.54, 1.807) is 7.11 Å². The van der Waals surface area contributed by atoms with Crippen LogP contribution in [0.4, 0.5) is 0 Å². The van der Waals surface area contributed by atoms with Gasteiger partial charge in [-0.3, -0.25) is 0 Å². The molecule has 0 aliphatic carbocycles. The average Bonchev–Trinajstić information content (AvgIpc) is 2.48. The third-order valence-corrected chi connectivity index (χ3v) is 3.00. The number of nitrogens with one attached hydrogen (secondary N) is 1. The lowest BCUT2D eigenvalue weighted by atomic mass is 10.1. The lowest BCUT2D eigenvalue weighted by Crippen LogP contribution is -2.17. The summed E-state index contributed by atoms with van der Waals surface area (Å²) >= 11 is 0. The fraction of sp³-hybridized carbons (Fsp3) is 0.625. The number of methoxy groups -OCH3 is 1. The van der Waals surface area contributed by atoms with Crippen molar-refractivity contribution >= 4 is 0 Å². The summed E-state index contributed by atoms with van der Waals surface area (Å²) in [4.78, 5) is 0. The molecular weight excluding hydrogens is 254 g/mol. The first-order valence-electron chi connectivity index (χ1n) is 7.30. The maximum Gasteiger partial charge on any atom is 0.0720 e. The quantitative estimate of drug-likeness (QED) is 0.595. The first-order valence-corrected chi connectivity index (χ1v) is 7.30. The van der Waals surface area contributed by atoms with Crippen LogP contribution < -0.4 is 5.32 Å². The smallest absolute Gasteiger partial charge is 0.0720 e. The summed E-state index contributed by atoms with van der Waals surface area (Å²) in [6, 6.07) is 8.45. The highest BCUT2D eigenvalue weighted by Gasteiger charge is 2.01. The van der Waals surface area contributed by atoms with Crippen LogP contribution in [0.3, 0.4) is 0 Å². The van der Waals surface area contributed by atoms with Crippen LogP contribution in [0.2, 0.25) is 0 Å². The van der Waals surface area contributed by atoms with E-state index in [2.05, 4.69) is 36.5 Å². The van der Waals surface area contributed by atoms with Gasteiger partial charge in [0.05, 0.1) is 33.0 Å². The minimum Gasteiger partial charge on any atom is -0.382 e. The lowest BCUT2D eigenvalue weighted by molar-refractivity contribution is 0.0198. The minimum atomic E-state index is 0.614. The van der Waals surface area contributed by atoms with Crippen LogP contribution in [0.5, 0.6) is 0 Å². The fourth-order valence-corrected chi connectivity index (χ4v) is 1.89. The van der Waals surface area contributed by atoms with Crippen molar-refractivity contribution in [1.29, 1.82) is 0 Å². The Balaban J connectivity index is 2.21. The molecule has 114 valence electrons. The van der Waals surface area contributed by atoms with E-state index in [0.717, 1.165) is 19.5 Å². The molecule has 0 spiro atoms. The van der Waals surface area contributed by atoms with Crippen LogP contribution in [0, 0.1) is 0 Å². The molecule has 0 radical (unpaired) electrons. The van der Waals surface area contributed by atoms with Crippen molar-refractivity contribution in [1.82, 2.24) is 5.32 Å². The Hall–Kier alpha value is -0.940. The summed E-state index contributed by atoms with van der Waals surface area (Å²) in [5, 5.41) is 3.35. The maximum absolute atomic E-state index is 5.66. The number of rotatable bonds is 12. The molecule has 0 fully saturated rings. The largest absolute Gasteiger partial charge is 0.382 e. The summed E-state index contributed by atoms with van der Waals surface area (Å²) in [7, 11) is 1.67. The highest BCUT2D eigenvalue weighted by molar-refractivity contribution is 5.26. The van der Waals surface area contributed by atoms with Crippen LogP contribution in [0.25, 0.3) is 0 Å². The molecule has 1 rings (SSSR count). The monoisotopic (exact) mass is 281 g/mol. The van der Waals surface area contributed by atoms with Gasteiger partial charge < -0.3 is 19.5 Å². The van der Waals surface area contributed by atoms with Crippen molar-refractivity contribution < 1.29 is 14.2 Å². The van der Waals surface area contributed by atoms with Gasteiger partial charge in [-0.1, -0.05) is 31.2 Å². The Morgan fingerprint density at radius 3 is 2.40 bits per heavy atom. The summed E-state index contributed by atoms with van der Waals surface area (Å²) < 4.78 is 15.9. The highest BCUT2D eigenvalue weighted by atomic mass is 16.5. The molecule has 0 aliphatic heterocycles. The van der Waals surface area contributed by atoms with Crippen LogP contribution in [0.15, 0.2) is 24.3 Å². The molecule has 1 aromatic carbocycles. The summed E-state index contributed by atoms with van der Waals surface area (Å²) in [5.74, 6) is 0. The molecule has 4 heteroatoms. The molecule has 1 N–H and O–H groups in total. The highest BCUT2D eigenvalue weighted by Crippen LogP contribution is 2.10. The number of hydrogen-bond acceptors (Lipinski definition) is 4. The predicted octanol–water partition coefficient (Wildman–Crippen LogP) is 2.02. The predicted molar refractivity (Wildman–Crippen MR) is 81.0 cm³/mol. The number of hydrogen-bond donors (Lipinski definition) is 1. The van der Waals surface area contributed by atoms with Gasteiger partial charge in [0.2, 0.25) is 0 Å². The summed E-state index contributed by atoms with van der Waals surface area (Å²) in [5.41, 5.74) is 2.62. The third kappa shape index (κ3) is 7.60. The van der Waals surface area contributed by atoms with E-state index in [1.165, 1.54) is 11.1 Å². The second kappa shape index (κ2) is 11.9. The molecule has 0 aromatic heterocycles. The third-order valence-electron chi connectivity index (χ3n) is 3.00. The zero-order chi connectivity index (χ0) is 14.5. The van der Waals surface area contributed by atoms with Gasteiger partial charge in [0.25, 0.3) is 0 Å². The van der Waals surface area contributed by atoms with Gasteiger partial charge in [-0.15, -0.1) is 0 Å². The summed E-state index contributed by atoms with van der Waals surface area (Å²) in [6.45, 7) is 7.28. The first kappa shape index (κ1) is 17.1. The zero-order valence-corrected chi connectivity index (χ0v) is 12.7. The summed E-state index contributed by atoms with van der Waals surface area (Å²) in [6.07, 6.45) is 1.04. The normalized spacial score (nSPS) is 10.9. The van der Waals surface area contributed by atoms with Crippen molar-refractivity contribution in [3.63, 3.8) is 0 Å². The molecule has 0 saturated carbocycles. The Kier molecular flexibility index (Phi) is 10.1. The van der Waals surface area contributed by atoms with E-state index in [4.69, 9.17) is 14.2 Å². The van der Waals surface area contributed by atoms with Gasteiger partial charge in [0, 0.05) is 7.11 Å². The average molecular weight is 281 g/mol. The Bertz CT molecular complexity index is 344. The van der Waals surface area contributed by atoms with Crippen molar-refractivity contribution in [2.45, 2.75) is 20.0 Å². The SMILES string of the molecule is CCNCCc1ccccc1COCCOCCOC. The minimum absolute atomic E-state index is 0.614. The first-order chi connectivity index (χ1) is 9.88. The molecule has 0 bridgehead atoms. The second-order valence-corrected chi connectivity index (χ2v) is 4.53. The van der Waals surface area contributed by atoms with Crippen LogP contribution in [-0.2, 0) is 27.2 Å². The van der Waals surface area contributed by atoms with E-state index in [0.29, 0.717) is 33.0 Å². The van der Waals surface area contributed by atoms with E-state index in [-0.39, 0.29) is 0 Å². The molecular formula is C16H27NO3. The van der Waals surface area contributed by atoms with Gasteiger partial charge in [-0.25, -0.2) is 0 Å². The zero-order valence-electron chi connectivity index (χ0n) is 12.7. The topological polar surface area (TPSA) is 39.7 Å². The second-order valence-electron chi connectivity index (χ2n) is 4.53. The van der Waals surface area contributed by atoms with E-state index >= 15 is 0 Å². The molecule has 0 heterocycles. The Labute approximate surface area is 122 Å². The van der Waals surface area contributed by atoms with Crippen molar-refractivity contribution in [2.75, 3.05) is 46.6 Å². The molecule has 0 atom stereocenters. The molecule has 20 heavy (non-hydrogen) atoms. The standard InChI is InChI=1S/C16H27NO3/c1-3-17-9-8-15-6-4-5-7-16(15)14-20-13-12-19-11-10-18-2/h4-7,17H,3,8-14H2,1-2H3. The number of likely N-dealkylation sites (N-methyl/N-ethyl adjacent to an activating group) is 1. The Morgan fingerprint density at radius 1 is 0.950 bits per heavy atom. The van der Waals surface area contributed by atoms with Crippen LogP contribution in [0.1, 0.15) is 18.1 Å². The number of benzene rings is 1. The molecule has 0 amide bonds. The Morgan fingerprint density at radius 2 is 1.65 bits per heavy atom. The van der Waals surface area contributed by atoms with Gasteiger partial charge in [-0.2, -0.15) is 0 Å². The van der Waals surface area contributed by atoms with Gasteiger partial charge in [-0.05, 0) is 30.6 Å². The fourth-order valence-electron chi connectivity index (χ4n) is 1.89. The van der Waals surface area contributed by atoms with Crippen molar-refractivity contribution in [3.8, 4) is 0 Å². The molecule has 4 nitrogen and oxygen atoms in total. The van der Waals surface area contributed by atoms with Crippen LogP contribution >= 0.6 is 0 Å². The van der Waals surface area contributed by atoms with E-state index in [9.17, 15) is 0 Å². The molecule has 1 aromatic rings. The van der Waals surface area contributed by atoms with Gasteiger partial charge in [0.1, 0.15) is 0 Å². The van der Waals surface area contributed by atoms with Crippen LogP contribution in [-0.4, -0.2) is 46.6 Å². The van der Waals surface area contributed by atoms with Crippen molar-refractivity contribution in [3.05, 3.63) is 35.4 Å².